The zero-order valence-electron chi connectivity index (χ0n) is 27.3. The summed E-state index contributed by atoms with van der Waals surface area (Å²) >= 11 is 10.7. The highest BCUT2D eigenvalue weighted by molar-refractivity contribution is 14.1. The van der Waals surface area contributed by atoms with Crippen LogP contribution in [0.15, 0.2) is 0 Å². The van der Waals surface area contributed by atoms with E-state index in [1.807, 2.05) is 0 Å². The molecule has 53 heavy (non-hydrogen) atoms. The number of hydrogen-bond donors (Lipinski definition) is 12. The van der Waals surface area contributed by atoms with E-state index in [2.05, 4.69) is 26.6 Å². The first-order valence-electron chi connectivity index (χ1n) is 15.0. The van der Waals surface area contributed by atoms with Crippen LogP contribution < -0.4 is 31.5 Å². The van der Waals surface area contributed by atoms with Gasteiger partial charge in [0.25, 0.3) is 23.6 Å². The maximum atomic E-state index is 14.4. The van der Waals surface area contributed by atoms with Crippen LogP contribution in [0.25, 0.3) is 0 Å². The van der Waals surface area contributed by atoms with Gasteiger partial charge in [-0.05, 0) is 142 Å². The van der Waals surface area contributed by atoms with Crippen molar-refractivity contribution in [1.82, 2.24) is 21.3 Å². The quantitative estimate of drug-likeness (QED) is 0.0753. The highest BCUT2D eigenvalue weighted by Crippen LogP contribution is 2.40. The number of amides is 6. The van der Waals surface area contributed by atoms with Crippen molar-refractivity contribution in [2.75, 3.05) is 62.8 Å². The van der Waals surface area contributed by atoms with Crippen molar-refractivity contribution in [3.05, 3.63) is 43.7 Å². The molecule has 294 valence electrons. The third kappa shape index (κ3) is 12.3. The molecule has 6 amide bonds. The van der Waals surface area contributed by atoms with Gasteiger partial charge in [-0.15, -0.1) is 0 Å². The van der Waals surface area contributed by atoms with Crippen molar-refractivity contribution in [3.63, 3.8) is 0 Å². The molecule has 0 aromatic heterocycles. The highest BCUT2D eigenvalue weighted by atomic mass is 127. The number of halogens is 6. The lowest BCUT2D eigenvalue weighted by Crippen LogP contribution is -2.44. The largest absolute Gasteiger partial charge is 0.395 e. The number of rotatable bonds is 17. The maximum Gasteiger partial charge on any atom is 0.328 e. The molecule has 0 radical (unpaired) electrons. The van der Waals surface area contributed by atoms with Gasteiger partial charge in [0.05, 0.1) is 86.5 Å². The summed E-state index contributed by atoms with van der Waals surface area (Å²) in [6.07, 6.45) is -4.22. The van der Waals surface area contributed by atoms with Crippen LogP contribution in [0.4, 0.5) is 16.2 Å². The average Bonchev–Trinajstić information content (AvgIpc) is 3.10. The van der Waals surface area contributed by atoms with Gasteiger partial charge in [0, 0.05) is 33.3 Å². The SMILES string of the molecule is CC(O)N(C(=O)Nc1c(I)c(C(=O)NCCO)c(I)c(C(=O)NCC(O)CO)c1I)c1c(I)c(C(=O)NCCO)c(I)c(C(=O)NCC(O)CO)c1I. The average molecular weight is 1420 g/mol. The summed E-state index contributed by atoms with van der Waals surface area (Å²) in [5.74, 6) is -2.96. The van der Waals surface area contributed by atoms with Crippen LogP contribution in [0.1, 0.15) is 48.4 Å². The van der Waals surface area contributed by atoms with Crippen LogP contribution in [-0.2, 0) is 0 Å². The Morgan fingerprint density at radius 3 is 1.23 bits per heavy atom. The number of anilines is 2. The summed E-state index contributed by atoms with van der Waals surface area (Å²) in [7, 11) is 0. The second-order valence-corrected chi connectivity index (χ2v) is 17.1. The lowest BCUT2D eigenvalue weighted by molar-refractivity contribution is 0.0797. The molecule has 0 aliphatic carbocycles. The van der Waals surface area contributed by atoms with Gasteiger partial charge < -0.3 is 62.3 Å². The smallest absolute Gasteiger partial charge is 0.328 e. The third-order valence-corrected chi connectivity index (χ3v) is 13.2. The summed E-state index contributed by atoms with van der Waals surface area (Å²) in [6.45, 7) is -1.82. The molecule has 0 spiro atoms. The Hall–Kier alpha value is -0.310. The van der Waals surface area contributed by atoms with Gasteiger partial charge in [-0.2, -0.15) is 0 Å². The number of carbonyl (C=O) groups excluding carboxylic acids is 5. The van der Waals surface area contributed by atoms with Gasteiger partial charge in [0.2, 0.25) is 0 Å². The van der Waals surface area contributed by atoms with E-state index < -0.39 is 74.5 Å². The number of nitrogens with one attached hydrogen (secondary N) is 5. The first-order valence-corrected chi connectivity index (χ1v) is 21.5. The normalized spacial score (nSPS) is 12.7. The van der Waals surface area contributed by atoms with Crippen molar-refractivity contribution in [3.8, 4) is 0 Å². The van der Waals surface area contributed by atoms with E-state index in [4.69, 9.17) is 0 Å². The molecular weight excluding hydrogens is 1390 g/mol. The summed E-state index contributed by atoms with van der Waals surface area (Å²) < 4.78 is 0.823. The molecule has 2 aromatic carbocycles. The molecule has 0 bridgehead atoms. The van der Waals surface area contributed by atoms with E-state index in [0.717, 1.165) is 4.90 Å². The van der Waals surface area contributed by atoms with Crippen LogP contribution in [-0.4, -0.2) is 136 Å². The molecule has 0 aliphatic heterocycles. The maximum absolute atomic E-state index is 14.4. The number of aliphatic hydroxyl groups is 7. The molecular formula is C29H34I6N6O12. The molecule has 0 saturated carbocycles. The van der Waals surface area contributed by atoms with Crippen LogP contribution >= 0.6 is 136 Å². The van der Waals surface area contributed by atoms with E-state index in [9.17, 15) is 59.7 Å². The third-order valence-electron chi connectivity index (χ3n) is 6.80. The molecule has 3 unspecified atom stereocenters. The van der Waals surface area contributed by atoms with Gasteiger partial charge >= 0.3 is 6.03 Å². The van der Waals surface area contributed by atoms with E-state index in [-0.39, 0.29) is 81.2 Å². The Balaban J connectivity index is 2.91. The lowest BCUT2D eigenvalue weighted by atomic mass is 10.1. The number of carbonyl (C=O) groups is 5. The Bertz CT molecular complexity index is 1720. The molecule has 0 heterocycles. The fraction of sp³-hybridized carbons (Fsp3) is 0.414. The number of benzene rings is 2. The topological polar surface area (TPSA) is 290 Å². The summed E-state index contributed by atoms with van der Waals surface area (Å²) in [4.78, 5) is 68.9. The standard InChI is InChI=1S/C29H34I6N6O12/c1-10(46)41(24-21(34)15(26(50)37-3-5-43)18(31)16(22(24)35)28(52)39-7-12(48)9-45)29(53)40-23-19(32)13(25(49)36-2-4-42)17(30)14(20(23)33)27(51)38-6-11(47)8-44/h10-12,42-48H,2-9H2,1H3,(H,36,49)(H,37,50)(H,38,51)(H,39,52)(H,40,53). The van der Waals surface area contributed by atoms with Crippen LogP contribution in [0.5, 0.6) is 0 Å². The predicted molar refractivity (Wildman–Crippen MR) is 242 cm³/mol. The Morgan fingerprint density at radius 1 is 0.566 bits per heavy atom. The first-order chi connectivity index (χ1) is 24.9. The van der Waals surface area contributed by atoms with E-state index in [1.165, 1.54) is 6.92 Å². The number of nitrogens with zero attached hydrogens (tertiary/aromatic N) is 1. The van der Waals surface area contributed by atoms with Crippen LogP contribution in [0, 0.1) is 21.4 Å². The Labute approximate surface area is 384 Å². The molecule has 12 N–H and O–H groups in total. The van der Waals surface area contributed by atoms with Crippen molar-refractivity contribution in [1.29, 1.82) is 0 Å². The van der Waals surface area contributed by atoms with Gasteiger partial charge in [-0.3, -0.25) is 24.1 Å². The molecule has 0 fully saturated rings. The molecule has 2 aromatic rings. The van der Waals surface area contributed by atoms with Gasteiger partial charge in [0.1, 0.15) is 6.23 Å². The van der Waals surface area contributed by atoms with E-state index in [1.54, 1.807) is 136 Å². The zero-order chi connectivity index (χ0) is 40.3. The number of urea groups is 1. The molecule has 0 saturated heterocycles. The van der Waals surface area contributed by atoms with E-state index in [0.29, 0.717) is 0 Å². The lowest BCUT2D eigenvalue weighted by Gasteiger charge is -2.31. The van der Waals surface area contributed by atoms with Gasteiger partial charge in [-0.25, -0.2) is 4.79 Å². The highest BCUT2D eigenvalue weighted by Gasteiger charge is 2.35. The fourth-order valence-electron chi connectivity index (χ4n) is 4.30. The minimum Gasteiger partial charge on any atom is -0.395 e. The molecule has 0 aliphatic rings. The molecule has 24 heteroatoms. The van der Waals surface area contributed by atoms with Crippen LogP contribution in [0.3, 0.4) is 0 Å². The summed E-state index contributed by atoms with van der Waals surface area (Å²) in [6, 6.07) is -1.03. The van der Waals surface area contributed by atoms with E-state index >= 15 is 0 Å². The predicted octanol–water partition coefficient (Wildman–Crippen LogP) is 0.301. The van der Waals surface area contributed by atoms with Gasteiger partial charge in [0.15, 0.2) is 0 Å². The Morgan fingerprint density at radius 2 is 0.906 bits per heavy atom. The number of hydrogen-bond acceptors (Lipinski definition) is 12. The number of aliphatic hydroxyl groups excluding tert-OH is 7. The van der Waals surface area contributed by atoms with Crippen molar-refractivity contribution < 1.29 is 59.7 Å². The zero-order valence-corrected chi connectivity index (χ0v) is 40.2. The summed E-state index contributed by atoms with van der Waals surface area (Å²) in [5.41, 5.74) is -0.436. The van der Waals surface area contributed by atoms with Crippen molar-refractivity contribution in [2.24, 2.45) is 0 Å². The van der Waals surface area contributed by atoms with Crippen molar-refractivity contribution in [2.45, 2.75) is 25.4 Å². The first kappa shape index (κ1) is 48.8. The van der Waals surface area contributed by atoms with Crippen molar-refractivity contribution >= 4 is 177 Å². The molecule has 3 atom stereocenters. The monoisotopic (exact) mass is 1420 g/mol. The Kier molecular flexibility index (Phi) is 21.4. The minimum absolute atomic E-state index is 0.0443. The van der Waals surface area contributed by atoms with Gasteiger partial charge in [-0.1, -0.05) is 0 Å². The minimum atomic E-state index is -1.63. The second-order valence-electron chi connectivity index (χ2n) is 10.6. The summed E-state index contributed by atoms with van der Waals surface area (Å²) in [5, 5.41) is 80.5. The second kappa shape index (κ2) is 23.2. The molecule has 2 rings (SSSR count). The fourth-order valence-corrected chi connectivity index (χ4v) is 13.4. The van der Waals surface area contributed by atoms with Crippen LogP contribution in [0.2, 0.25) is 0 Å². The molecule has 18 nitrogen and oxygen atoms in total.